The first-order valence-corrected chi connectivity index (χ1v) is 11.2. The Morgan fingerprint density at radius 2 is 2.00 bits per heavy atom. The number of ketones is 1. The van der Waals surface area contributed by atoms with E-state index < -0.39 is 58.4 Å². The van der Waals surface area contributed by atoms with Crippen LogP contribution in [-0.2, 0) is 14.3 Å². The highest BCUT2D eigenvalue weighted by Gasteiger charge is 2.79. The van der Waals surface area contributed by atoms with Crippen molar-refractivity contribution in [1.82, 2.24) is 0 Å². The van der Waals surface area contributed by atoms with Gasteiger partial charge in [-0.1, -0.05) is 18.6 Å². The number of alkyl halides is 1. The molecular formula is C24H32FNO5. The minimum atomic E-state index is -1.92. The molecule has 0 bridgehead atoms. The zero-order valence-corrected chi connectivity index (χ0v) is 18.6. The predicted molar refractivity (Wildman–Crippen MR) is 111 cm³/mol. The molecule has 1 heterocycles. The molecule has 1 aliphatic heterocycles. The quantitative estimate of drug-likeness (QED) is 0.622. The van der Waals surface area contributed by atoms with E-state index in [0.717, 1.165) is 5.57 Å². The van der Waals surface area contributed by atoms with E-state index in [4.69, 9.17) is 14.9 Å². The average Bonchev–Trinajstić information content (AvgIpc) is 3.09. The lowest BCUT2D eigenvalue weighted by Gasteiger charge is -2.62. The van der Waals surface area contributed by atoms with Gasteiger partial charge in [0.05, 0.1) is 17.9 Å². The fourth-order valence-electron chi connectivity index (χ4n) is 7.95. The molecule has 8 atom stereocenters. The summed E-state index contributed by atoms with van der Waals surface area (Å²) in [4.78, 5) is 13.2. The molecule has 0 spiro atoms. The van der Waals surface area contributed by atoms with Gasteiger partial charge < -0.3 is 25.1 Å². The largest absolute Gasteiger partial charge is 0.390 e. The molecule has 4 fully saturated rings. The summed E-state index contributed by atoms with van der Waals surface area (Å²) >= 11 is 0. The molecule has 5 rings (SSSR count). The summed E-state index contributed by atoms with van der Waals surface area (Å²) in [6.45, 7) is 6.53. The average molecular weight is 434 g/mol. The molecule has 170 valence electrons. The van der Waals surface area contributed by atoms with Crippen LogP contribution in [0.4, 0.5) is 4.39 Å². The molecule has 4 aliphatic carbocycles. The second kappa shape index (κ2) is 6.13. The fraction of sp³-hybridized carbons (Fsp3) is 0.750. The Labute approximate surface area is 182 Å². The van der Waals surface area contributed by atoms with E-state index in [1.165, 1.54) is 0 Å². The topological polar surface area (TPSA) is 99.8 Å². The van der Waals surface area contributed by atoms with Crippen LogP contribution in [0.3, 0.4) is 0 Å². The molecular weight excluding hydrogens is 401 g/mol. The summed E-state index contributed by atoms with van der Waals surface area (Å²) in [5.41, 5.74) is -4.01. The smallest absolute Gasteiger partial charge is 0.193 e. The molecule has 3 saturated carbocycles. The first-order chi connectivity index (χ1) is 14.4. The van der Waals surface area contributed by atoms with Gasteiger partial charge in [-0.15, -0.1) is 0 Å². The number of nitrogens with one attached hydrogen (secondary N) is 1. The van der Waals surface area contributed by atoms with Crippen molar-refractivity contribution in [3.8, 4) is 0 Å². The van der Waals surface area contributed by atoms with Gasteiger partial charge in [0, 0.05) is 16.7 Å². The molecule has 0 aromatic carbocycles. The summed E-state index contributed by atoms with van der Waals surface area (Å²) in [6.07, 6.45) is 4.82. The molecule has 5 aliphatic rings. The van der Waals surface area contributed by atoms with Gasteiger partial charge in [0.2, 0.25) is 0 Å². The number of hydrogen-bond donors (Lipinski definition) is 3. The van der Waals surface area contributed by atoms with E-state index in [1.807, 2.05) is 13.8 Å². The first-order valence-electron chi connectivity index (χ1n) is 11.2. The monoisotopic (exact) mass is 433 g/mol. The Bertz CT molecular complexity index is 929. The number of halogens is 1. The molecule has 31 heavy (non-hydrogen) atoms. The number of aliphatic hydroxyl groups excluding tert-OH is 2. The molecule has 0 aromatic heterocycles. The van der Waals surface area contributed by atoms with Gasteiger partial charge in [-0.05, 0) is 64.5 Å². The second-order valence-corrected chi connectivity index (χ2v) is 11.0. The first kappa shape index (κ1) is 21.4. The number of rotatable bonds is 2. The molecule has 0 amide bonds. The van der Waals surface area contributed by atoms with Crippen LogP contribution < -0.4 is 0 Å². The maximum Gasteiger partial charge on any atom is 0.193 e. The van der Waals surface area contributed by atoms with E-state index in [2.05, 4.69) is 0 Å². The molecule has 1 saturated heterocycles. The normalized spacial score (nSPS) is 52.1. The van der Waals surface area contributed by atoms with Crippen LogP contribution in [0.15, 0.2) is 23.8 Å². The van der Waals surface area contributed by atoms with E-state index >= 15 is 4.39 Å². The van der Waals surface area contributed by atoms with Crippen LogP contribution in [0.5, 0.6) is 0 Å². The Hall–Kier alpha value is -1.41. The summed E-state index contributed by atoms with van der Waals surface area (Å²) in [5, 5.41) is 29.2. The third-order valence-corrected chi connectivity index (χ3v) is 9.22. The van der Waals surface area contributed by atoms with Gasteiger partial charge in [-0.2, -0.15) is 0 Å². The van der Waals surface area contributed by atoms with E-state index in [1.54, 1.807) is 32.1 Å². The molecule has 0 aromatic rings. The zero-order valence-electron chi connectivity index (χ0n) is 18.6. The number of aliphatic hydroxyl groups is 2. The molecule has 0 radical (unpaired) electrons. The SMILES string of the molecule is CC1(C)O[C@@H]2C[C@H]3[C@@H]4CCC5=CC(=N)C=C[C@]5(C)[C@@]4(F)[C@@H](O)C[C@]3(C)[C@]2(C(=O)CO)O1. The summed E-state index contributed by atoms with van der Waals surface area (Å²) in [6, 6.07) is 0. The van der Waals surface area contributed by atoms with Crippen LogP contribution in [0, 0.1) is 28.1 Å². The van der Waals surface area contributed by atoms with Crippen molar-refractivity contribution in [2.75, 3.05) is 6.61 Å². The van der Waals surface area contributed by atoms with Crippen molar-refractivity contribution < 1.29 is 28.9 Å². The highest BCUT2D eigenvalue weighted by Crippen LogP contribution is 2.72. The Morgan fingerprint density at radius 1 is 1.29 bits per heavy atom. The number of Topliss-reactive ketones (excluding diaryl/α,β-unsaturated/α-hetero) is 1. The summed E-state index contributed by atoms with van der Waals surface area (Å²) < 4.78 is 29.6. The van der Waals surface area contributed by atoms with Crippen LogP contribution in [0.25, 0.3) is 0 Å². The predicted octanol–water partition coefficient (Wildman–Crippen LogP) is 2.87. The lowest BCUT2D eigenvalue weighted by atomic mass is 9.44. The minimum absolute atomic E-state index is 0.0422. The van der Waals surface area contributed by atoms with Gasteiger partial charge in [0.15, 0.2) is 22.8 Å². The molecule has 6 nitrogen and oxygen atoms in total. The van der Waals surface area contributed by atoms with Crippen molar-refractivity contribution in [3.05, 3.63) is 23.8 Å². The molecule has 3 N–H and O–H groups in total. The van der Waals surface area contributed by atoms with E-state index in [0.29, 0.717) is 25.0 Å². The third-order valence-electron chi connectivity index (χ3n) is 9.22. The maximum absolute atomic E-state index is 17.2. The van der Waals surface area contributed by atoms with Crippen molar-refractivity contribution >= 4 is 11.5 Å². The number of carbonyl (C=O) groups is 1. The highest BCUT2D eigenvalue weighted by atomic mass is 19.1. The number of carbonyl (C=O) groups excluding carboxylic acids is 1. The Morgan fingerprint density at radius 3 is 2.68 bits per heavy atom. The number of fused-ring (bicyclic) bond motifs is 7. The molecule has 0 unspecified atom stereocenters. The van der Waals surface area contributed by atoms with Crippen molar-refractivity contribution in [3.63, 3.8) is 0 Å². The van der Waals surface area contributed by atoms with Gasteiger partial charge >= 0.3 is 0 Å². The van der Waals surface area contributed by atoms with Crippen LogP contribution in [-0.4, -0.2) is 57.6 Å². The number of hydrogen-bond acceptors (Lipinski definition) is 6. The van der Waals surface area contributed by atoms with E-state index in [9.17, 15) is 15.0 Å². The van der Waals surface area contributed by atoms with Gasteiger partial charge in [-0.25, -0.2) is 4.39 Å². The zero-order chi connectivity index (χ0) is 22.6. The summed E-state index contributed by atoms with van der Waals surface area (Å²) in [5.74, 6) is -2.20. The Balaban J connectivity index is 1.64. The van der Waals surface area contributed by atoms with Crippen molar-refractivity contribution in [1.29, 1.82) is 5.41 Å². The summed E-state index contributed by atoms with van der Waals surface area (Å²) in [7, 11) is 0. The number of allylic oxidation sites excluding steroid dienone is 4. The maximum atomic E-state index is 17.2. The van der Waals surface area contributed by atoms with Crippen molar-refractivity contribution in [2.45, 2.75) is 82.6 Å². The minimum Gasteiger partial charge on any atom is -0.390 e. The standard InChI is InChI=1S/C24H32FNO5/c1-20(2)30-19-10-16-15-6-5-13-9-14(26)7-8-21(13,3)23(15,25)17(28)11-22(16,4)24(19,31-20)18(29)12-27/h7-9,15-17,19,26-28H,5-6,10-12H2,1-4H3/t15-,16-,17-,19+,21-,22-,23-,24+/m0/s1. The van der Waals surface area contributed by atoms with Crippen LogP contribution in [0.2, 0.25) is 0 Å². The highest BCUT2D eigenvalue weighted by molar-refractivity contribution is 6.03. The lowest BCUT2D eigenvalue weighted by molar-refractivity contribution is -0.246. The number of ether oxygens (including phenoxy) is 2. The van der Waals surface area contributed by atoms with E-state index in [-0.39, 0.29) is 12.3 Å². The van der Waals surface area contributed by atoms with Gasteiger partial charge in [-0.3, -0.25) is 4.79 Å². The van der Waals surface area contributed by atoms with Gasteiger partial charge in [0.1, 0.15) is 6.61 Å². The van der Waals surface area contributed by atoms with Crippen molar-refractivity contribution in [2.24, 2.45) is 22.7 Å². The van der Waals surface area contributed by atoms with Crippen LogP contribution >= 0.6 is 0 Å². The Kier molecular flexibility index (Phi) is 4.24. The fourth-order valence-corrected chi connectivity index (χ4v) is 7.95. The second-order valence-electron chi connectivity index (χ2n) is 11.0. The van der Waals surface area contributed by atoms with Gasteiger partial charge in [0.25, 0.3) is 0 Å². The molecule has 7 heteroatoms. The third kappa shape index (κ3) is 2.31. The lowest BCUT2D eigenvalue weighted by Crippen LogP contribution is -2.70. The van der Waals surface area contributed by atoms with Crippen LogP contribution in [0.1, 0.15) is 53.4 Å².